The number of thiazole rings is 1. The van der Waals surface area contributed by atoms with Gasteiger partial charge >= 0.3 is 6.18 Å². The highest BCUT2D eigenvalue weighted by molar-refractivity contribution is 9.10. The van der Waals surface area contributed by atoms with Gasteiger partial charge in [-0.2, -0.15) is 17.9 Å². The Morgan fingerprint density at radius 2 is 1.73 bits per heavy atom. The summed E-state index contributed by atoms with van der Waals surface area (Å²) in [6.45, 7) is 0. The Morgan fingerprint density at radius 3 is 2.42 bits per heavy atom. The van der Waals surface area contributed by atoms with E-state index in [1.54, 1.807) is 23.7 Å². The molecule has 0 aliphatic carbocycles. The number of para-hydroxylation sites is 1. The molecule has 206 valence electrons. The number of rotatable bonds is 8. The van der Waals surface area contributed by atoms with Crippen molar-refractivity contribution in [1.29, 1.82) is 0 Å². The second-order valence-corrected chi connectivity index (χ2v) is 12.3. The molecule has 1 amide bonds. The Labute approximate surface area is 239 Å². The minimum atomic E-state index is -4.46. The number of hydrogen-bond donors (Lipinski definition) is 3. The van der Waals surface area contributed by atoms with Crippen LogP contribution in [0.4, 0.5) is 18.3 Å². The zero-order valence-corrected chi connectivity index (χ0v) is 23.6. The van der Waals surface area contributed by atoms with E-state index in [9.17, 15) is 26.4 Å². The first kappa shape index (κ1) is 28.0. The lowest BCUT2D eigenvalue weighted by Gasteiger charge is -2.18. The van der Waals surface area contributed by atoms with Gasteiger partial charge < -0.3 is 10.3 Å². The summed E-state index contributed by atoms with van der Waals surface area (Å²) in [5.74, 6) is -0.640. The van der Waals surface area contributed by atoms with Crippen molar-refractivity contribution < 1.29 is 26.4 Å². The van der Waals surface area contributed by atoms with Crippen molar-refractivity contribution in [2.45, 2.75) is 23.5 Å². The predicted molar refractivity (Wildman–Crippen MR) is 151 cm³/mol. The summed E-state index contributed by atoms with van der Waals surface area (Å²) in [7, 11) is -4.07. The van der Waals surface area contributed by atoms with Gasteiger partial charge in [0.1, 0.15) is 6.04 Å². The van der Waals surface area contributed by atoms with E-state index in [0.717, 1.165) is 39.9 Å². The van der Waals surface area contributed by atoms with E-state index >= 15 is 0 Å². The van der Waals surface area contributed by atoms with Crippen LogP contribution >= 0.6 is 27.3 Å². The highest BCUT2D eigenvalue weighted by atomic mass is 79.9. The minimum Gasteiger partial charge on any atom is -0.361 e. The van der Waals surface area contributed by atoms with Crippen molar-refractivity contribution in [2.24, 2.45) is 0 Å². The Morgan fingerprint density at radius 1 is 1.02 bits per heavy atom. The maximum atomic E-state index is 13.4. The van der Waals surface area contributed by atoms with Crippen molar-refractivity contribution in [3.05, 3.63) is 100.0 Å². The van der Waals surface area contributed by atoms with Crippen LogP contribution in [0.1, 0.15) is 11.1 Å². The van der Waals surface area contributed by atoms with Gasteiger partial charge in [-0.25, -0.2) is 13.4 Å². The fourth-order valence-electron chi connectivity index (χ4n) is 4.06. The topological polar surface area (TPSA) is 104 Å². The smallest absolute Gasteiger partial charge is 0.361 e. The Hall–Kier alpha value is -3.52. The van der Waals surface area contributed by atoms with Crippen LogP contribution in [-0.4, -0.2) is 30.3 Å². The second kappa shape index (κ2) is 11.2. The standard InChI is InChI=1S/C27H20BrF3N4O3S2/c28-19-9-11-20(12-10-19)40(37,38)35-23(13-17-14-32-22-4-2-1-3-21(17)22)25(36)34-26-33-24(15-39-26)16-5-7-18(8-6-16)27(29,30)31/h1-12,14-15,23,32,35H,13H2,(H,33,34,36). The number of amides is 1. The number of nitrogens with zero attached hydrogens (tertiary/aromatic N) is 1. The molecule has 3 N–H and O–H groups in total. The van der Waals surface area contributed by atoms with Crippen molar-refractivity contribution in [3.8, 4) is 11.3 Å². The zero-order valence-electron chi connectivity index (χ0n) is 20.4. The van der Waals surface area contributed by atoms with Crippen molar-refractivity contribution in [3.63, 3.8) is 0 Å². The molecule has 0 radical (unpaired) electrons. The number of carbonyl (C=O) groups excluding carboxylic acids is 1. The van der Waals surface area contributed by atoms with Gasteiger partial charge in [-0.05, 0) is 54.4 Å². The number of sulfonamides is 1. The van der Waals surface area contributed by atoms with Crippen LogP contribution in [0.5, 0.6) is 0 Å². The molecule has 2 aromatic heterocycles. The number of alkyl halides is 3. The molecule has 0 aliphatic heterocycles. The van der Waals surface area contributed by atoms with Gasteiger partial charge in [-0.1, -0.05) is 46.3 Å². The average Bonchev–Trinajstić information content (AvgIpc) is 3.55. The maximum Gasteiger partial charge on any atom is 0.416 e. The zero-order chi connectivity index (χ0) is 28.5. The molecule has 5 rings (SSSR count). The summed E-state index contributed by atoms with van der Waals surface area (Å²) in [6, 6.07) is 16.8. The first-order valence-corrected chi connectivity index (χ1v) is 14.9. The fraction of sp³-hybridized carbons (Fsp3) is 0.111. The third-order valence-electron chi connectivity index (χ3n) is 6.08. The van der Waals surface area contributed by atoms with Crippen LogP contribution in [0.2, 0.25) is 0 Å². The molecule has 40 heavy (non-hydrogen) atoms. The number of fused-ring (bicyclic) bond motifs is 1. The van der Waals surface area contributed by atoms with Crippen LogP contribution in [0.15, 0.2) is 93.7 Å². The number of carbonyl (C=O) groups is 1. The highest BCUT2D eigenvalue weighted by Crippen LogP contribution is 2.32. The second-order valence-electron chi connectivity index (χ2n) is 8.79. The third-order valence-corrected chi connectivity index (χ3v) is 8.85. The molecular weight excluding hydrogens is 629 g/mol. The summed E-state index contributed by atoms with van der Waals surface area (Å²) in [6.07, 6.45) is -2.68. The monoisotopic (exact) mass is 648 g/mol. The third kappa shape index (κ3) is 6.28. The summed E-state index contributed by atoms with van der Waals surface area (Å²) < 4.78 is 68.3. The van der Waals surface area contributed by atoms with Gasteiger partial charge in [0.25, 0.3) is 0 Å². The maximum absolute atomic E-state index is 13.4. The largest absolute Gasteiger partial charge is 0.416 e. The van der Waals surface area contributed by atoms with Gasteiger partial charge in [-0.3, -0.25) is 4.79 Å². The van der Waals surface area contributed by atoms with E-state index in [2.05, 4.69) is 35.9 Å². The molecule has 7 nitrogen and oxygen atoms in total. The van der Waals surface area contributed by atoms with E-state index < -0.39 is 33.7 Å². The summed E-state index contributed by atoms with van der Waals surface area (Å²) in [4.78, 5) is 20.9. The molecule has 0 aliphatic rings. The summed E-state index contributed by atoms with van der Waals surface area (Å²) in [5.41, 5.74) is 1.61. The van der Waals surface area contributed by atoms with Crippen LogP contribution in [0.3, 0.4) is 0 Å². The van der Waals surface area contributed by atoms with Crippen molar-refractivity contribution >= 4 is 59.2 Å². The van der Waals surface area contributed by atoms with Gasteiger partial charge in [0, 0.05) is 32.5 Å². The van der Waals surface area contributed by atoms with E-state index in [1.165, 1.54) is 24.3 Å². The molecule has 13 heteroatoms. The first-order chi connectivity index (χ1) is 19.0. The first-order valence-electron chi connectivity index (χ1n) is 11.8. The molecule has 1 unspecified atom stereocenters. The lowest BCUT2D eigenvalue weighted by molar-refractivity contribution is -0.137. The lowest BCUT2D eigenvalue weighted by Crippen LogP contribution is -2.45. The quantitative estimate of drug-likeness (QED) is 0.176. The van der Waals surface area contributed by atoms with Gasteiger partial charge in [0.2, 0.25) is 15.9 Å². The Balaban J connectivity index is 1.39. The van der Waals surface area contributed by atoms with Crippen LogP contribution < -0.4 is 10.0 Å². The number of halogens is 4. The van der Waals surface area contributed by atoms with Gasteiger partial charge in [0.05, 0.1) is 16.2 Å². The minimum absolute atomic E-state index is 0.00809. The van der Waals surface area contributed by atoms with E-state index in [-0.39, 0.29) is 16.4 Å². The molecule has 2 heterocycles. The van der Waals surface area contributed by atoms with Crippen LogP contribution in [0, 0.1) is 0 Å². The number of aromatic amines is 1. The molecule has 3 aromatic carbocycles. The molecule has 0 bridgehead atoms. The SMILES string of the molecule is O=C(Nc1nc(-c2ccc(C(F)(F)F)cc2)cs1)C(Cc1c[nH]c2ccccc12)NS(=O)(=O)c1ccc(Br)cc1. The van der Waals surface area contributed by atoms with E-state index in [0.29, 0.717) is 15.7 Å². The number of H-pyrrole nitrogens is 1. The average molecular weight is 650 g/mol. The normalized spacial score (nSPS) is 12.9. The van der Waals surface area contributed by atoms with Gasteiger partial charge in [-0.15, -0.1) is 11.3 Å². The molecule has 0 fully saturated rings. The molecular formula is C27H20BrF3N4O3S2. The van der Waals surface area contributed by atoms with Gasteiger partial charge in [0.15, 0.2) is 5.13 Å². The lowest BCUT2D eigenvalue weighted by atomic mass is 10.1. The molecule has 5 aromatic rings. The number of anilines is 1. The number of aromatic nitrogens is 2. The van der Waals surface area contributed by atoms with Crippen molar-refractivity contribution in [2.75, 3.05) is 5.32 Å². The Bertz CT molecular complexity index is 1770. The van der Waals surface area contributed by atoms with E-state index in [1.807, 2.05) is 24.3 Å². The number of nitrogens with one attached hydrogen (secondary N) is 3. The van der Waals surface area contributed by atoms with Crippen molar-refractivity contribution in [1.82, 2.24) is 14.7 Å². The molecule has 0 saturated heterocycles. The molecule has 0 spiro atoms. The van der Waals surface area contributed by atoms with E-state index in [4.69, 9.17) is 0 Å². The predicted octanol–water partition coefficient (Wildman–Crippen LogP) is 6.60. The highest BCUT2D eigenvalue weighted by Gasteiger charge is 2.30. The number of hydrogen-bond acceptors (Lipinski definition) is 5. The summed E-state index contributed by atoms with van der Waals surface area (Å²) >= 11 is 4.35. The molecule has 0 saturated carbocycles. The van der Waals surface area contributed by atoms with Crippen LogP contribution in [0.25, 0.3) is 22.2 Å². The molecule has 1 atom stereocenters. The van der Waals surface area contributed by atoms with Crippen LogP contribution in [-0.2, 0) is 27.4 Å². The number of benzene rings is 3. The fourth-order valence-corrected chi connectivity index (χ4v) is 6.25. The summed E-state index contributed by atoms with van der Waals surface area (Å²) in [5, 5.41) is 5.27. The Kier molecular flexibility index (Phi) is 7.82.